The fourth-order valence-electron chi connectivity index (χ4n) is 2.93. The molecule has 0 saturated heterocycles. The lowest BCUT2D eigenvalue weighted by atomic mass is 10.1. The van der Waals surface area contributed by atoms with Crippen LogP contribution in [0.4, 0.5) is 0 Å². The van der Waals surface area contributed by atoms with Gasteiger partial charge in [0.1, 0.15) is 0 Å². The number of aromatic nitrogens is 2. The molecule has 0 radical (unpaired) electrons. The van der Waals surface area contributed by atoms with Crippen LogP contribution in [0.25, 0.3) is 21.8 Å². The molecule has 2 aromatic heterocycles. The van der Waals surface area contributed by atoms with Crippen molar-refractivity contribution in [2.24, 2.45) is 7.05 Å². The second-order valence-corrected chi connectivity index (χ2v) is 6.10. The van der Waals surface area contributed by atoms with E-state index in [4.69, 9.17) is 0 Å². The van der Waals surface area contributed by atoms with Crippen LogP contribution in [0.15, 0.2) is 36.5 Å². The molecule has 2 heterocycles. The first kappa shape index (κ1) is 15.0. The Hall–Kier alpha value is -1.91. The van der Waals surface area contributed by atoms with Crippen molar-refractivity contribution in [2.75, 3.05) is 27.2 Å². The van der Waals surface area contributed by atoms with Gasteiger partial charge >= 0.3 is 0 Å². The number of nitrogens with one attached hydrogen (secondary N) is 1. The standard InChI is InChI=1S/C18H24N4/c1-21(2)10-6-9-19-12-14-11-16-15-7-4-5-8-17(15)22(3)18(16)13-20-14/h4-5,7-8,11,13,19H,6,9-10,12H2,1-3H3. The molecule has 1 aromatic carbocycles. The molecule has 0 spiro atoms. The van der Waals surface area contributed by atoms with Gasteiger partial charge in [0.05, 0.1) is 17.4 Å². The fraction of sp³-hybridized carbons (Fsp3) is 0.389. The minimum Gasteiger partial charge on any atom is -0.342 e. The molecule has 0 aliphatic heterocycles. The topological polar surface area (TPSA) is 33.1 Å². The zero-order chi connectivity index (χ0) is 15.5. The smallest absolute Gasteiger partial charge is 0.0675 e. The van der Waals surface area contributed by atoms with Crippen molar-refractivity contribution < 1.29 is 0 Å². The van der Waals surface area contributed by atoms with Gasteiger partial charge in [0.2, 0.25) is 0 Å². The number of pyridine rings is 1. The maximum Gasteiger partial charge on any atom is 0.0675 e. The number of hydrogen-bond donors (Lipinski definition) is 1. The predicted octanol–water partition coefficient (Wildman–Crippen LogP) is 2.77. The van der Waals surface area contributed by atoms with Crippen molar-refractivity contribution in [3.63, 3.8) is 0 Å². The van der Waals surface area contributed by atoms with Crippen LogP contribution in [0, 0.1) is 0 Å². The van der Waals surface area contributed by atoms with E-state index in [0.717, 1.165) is 31.7 Å². The number of hydrogen-bond acceptors (Lipinski definition) is 3. The van der Waals surface area contributed by atoms with Crippen LogP contribution >= 0.6 is 0 Å². The van der Waals surface area contributed by atoms with Crippen molar-refractivity contribution in [1.82, 2.24) is 19.8 Å². The molecule has 0 amide bonds. The van der Waals surface area contributed by atoms with Crippen molar-refractivity contribution in [2.45, 2.75) is 13.0 Å². The maximum absolute atomic E-state index is 4.60. The van der Waals surface area contributed by atoms with E-state index >= 15 is 0 Å². The van der Waals surface area contributed by atoms with Gasteiger partial charge < -0.3 is 14.8 Å². The molecule has 116 valence electrons. The van der Waals surface area contributed by atoms with Crippen LogP contribution in [0.5, 0.6) is 0 Å². The van der Waals surface area contributed by atoms with Crippen molar-refractivity contribution in [3.05, 3.63) is 42.2 Å². The second kappa shape index (κ2) is 6.46. The van der Waals surface area contributed by atoms with Gasteiger partial charge in [-0.25, -0.2) is 0 Å². The highest BCUT2D eigenvalue weighted by molar-refractivity contribution is 6.07. The van der Waals surface area contributed by atoms with Gasteiger partial charge in [0, 0.05) is 29.9 Å². The molecule has 0 unspecified atom stereocenters. The van der Waals surface area contributed by atoms with Gasteiger partial charge in [0.25, 0.3) is 0 Å². The van der Waals surface area contributed by atoms with E-state index in [1.807, 2.05) is 6.20 Å². The Bertz CT molecular complexity index is 773. The number of aryl methyl sites for hydroxylation is 1. The first-order valence-corrected chi connectivity index (χ1v) is 7.84. The molecule has 3 aromatic rings. The first-order chi connectivity index (χ1) is 10.7. The van der Waals surface area contributed by atoms with Crippen LogP contribution in [-0.2, 0) is 13.6 Å². The lowest BCUT2D eigenvalue weighted by Crippen LogP contribution is -2.21. The summed E-state index contributed by atoms with van der Waals surface area (Å²) in [6.07, 6.45) is 3.15. The van der Waals surface area contributed by atoms with Gasteiger partial charge in [-0.1, -0.05) is 18.2 Å². The van der Waals surface area contributed by atoms with E-state index in [9.17, 15) is 0 Å². The average Bonchev–Trinajstić information content (AvgIpc) is 2.80. The first-order valence-electron chi connectivity index (χ1n) is 7.84. The molecular formula is C18H24N4. The molecule has 22 heavy (non-hydrogen) atoms. The molecule has 0 saturated carbocycles. The van der Waals surface area contributed by atoms with Crippen molar-refractivity contribution >= 4 is 21.8 Å². The van der Waals surface area contributed by atoms with Gasteiger partial charge in [-0.2, -0.15) is 0 Å². The number of rotatable bonds is 6. The van der Waals surface area contributed by atoms with Crippen LogP contribution < -0.4 is 5.32 Å². The van der Waals surface area contributed by atoms with E-state index in [1.165, 1.54) is 21.8 Å². The van der Waals surface area contributed by atoms with Gasteiger partial charge in [-0.05, 0) is 45.7 Å². The van der Waals surface area contributed by atoms with Crippen LogP contribution in [0.1, 0.15) is 12.1 Å². The summed E-state index contributed by atoms with van der Waals surface area (Å²) in [4.78, 5) is 6.81. The van der Waals surface area contributed by atoms with E-state index in [1.54, 1.807) is 0 Å². The minimum atomic E-state index is 0.826. The Morgan fingerprint density at radius 1 is 1.14 bits per heavy atom. The highest BCUT2D eigenvalue weighted by atomic mass is 15.1. The highest BCUT2D eigenvalue weighted by Crippen LogP contribution is 2.27. The van der Waals surface area contributed by atoms with Crippen LogP contribution in [0.2, 0.25) is 0 Å². The van der Waals surface area contributed by atoms with Crippen molar-refractivity contribution in [3.8, 4) is 0 Å². The number of nitrogens with zero attached hydrogens (tertiary/aromatic N) is 3. The van der Waals surface area contributed by atoms with E-state index in [-0.39, 0.29) is 0 Å². The van der Waals surface area contributed by atoms with Gasteiger partial charge in [-0.15, -0.1) is 0 Å². The molecule has 4 nitrogen and oxygen atoms in total. The Balaban J connectivity index is 1.77. The number of para-hydroxylation sites is 1. The van der Waals surface area contributed by atoms with E-state index < -0.39 is 0 Å². The molecule has 4 heteroatoms. The number of benzene rings is 1. The normalized spacial score (nSPS) is 11.8. The summed E-state index contributed by atoms with van der Waals surface area (Å²) < 4.78 is 2.21. The molecule has 0 aliphatic carbocycles. The fourth-order valence-corrected chi connectivity index (χ4v) is 2.93. The van der Waals surface area contributed by atoms with E-state index in [0.29, 0.717) is 0 Å². The van der Waals surface area contributed by atoms with Gasteiger partial charge in [-0.3, -0.25) is 4.98 Å². The highest BCUT2D eigenvalue weighted by Gasteiger charge is 2.08. The summed E-state index contributed by atoms with van der Waals surface area (Å²) in [5.41, 5.74) is 3.56. The summed E-state index contributed by atoms with van der Waals surface area (Å²) in [7, 11) is 6.32. The summed E-state index contributed by atoms with van der Waals surface area (Å²) in [5, 5.41) is 6.07. The largest absolute Gasteiger partial charge is 0.342 e. The summed E-state index contributed by atoms with van der Waals surface area (Å²) >= 11 is 0. The second-order valence-electron chi connectivity index (χ2n) is 6.10. The molecule has 0 aliphatic rings. The third-order valence-corrected chi connectivity index (χ3v) is 4.12. The Morgan fingerprint density at radius 2 is 1.95 bits per heavy atom. The molecule has 3 rings (SSSR count). The monoisotopic (exact) mass is 296 g/mol. The van der Waals surface area contributed by atoms with Crippen LogP contribution in [-0.4, -0.2) is 41.6 Å². The van der Waals surface area contributed by atoms with Crippen LogP contribution in [0.3, 0.4) is 0 Å². The molecule has 1 N–H and O–H groups in total. The maximum atomic E-state index is 4.60. The Kier molecular flexibility index (Phi) is 4.41. The summed E-state index contributed by atoms with van der Waals surface area (Å²) in [6.45, 7) is 2.96. The average molecular weight is 296 g/mol. The van der Waals surface area contributed by atoms with Gasteiger partial charge in [0.15, 0.2) is 0 Å². The Morgan fingerprint density at radius 3 is 2.77 bits per heavy atom. The zero-order valence-electron chi connectivity index (χ0n) is 13.6. The lowest BCUT2D eigenvalue weighted by molar-refractivity contribution is 0.394. The number of fused-ring (bicyclic) bond motifs is 3. The zero-order valence-corrected chi connectivity index (χ0v) is 13.6. The summed E-state index contributed by atoms with van der Waals surface area (Å²) in [5.74, 6) is 0. The minimum absolute atomic E-state index is 0.826. The third kappa shape index (κ3) is 2.98. The van der Waals surface area contributed by atoms with E-state index in [2.05, 4.69) is 71.2 Å². The molecule has 0 fully saturated rings. The third-order valence-electron chi connectivity index (χ3n) is 4.12. The summed E-state index contributed by atoms with van der Waals surface area (Å²) in [6, 6.07) is 10.8. The molecule has 0 atom stereocenters. The SMILES string of the molecule is CN(C)CCCNCc1cc2c3ccccc3n(C)c2cn1. The Labute approximate surface area is 131 Å². The quantitative estimate of drug-likeness (QED) is 0.710. The lowest BCUT2D eigenvalue weighted by Gasteiger charge is -2.09. The van der Waals surface area contributed by atoms with Crippen molar-refractivity contribution in [1.29, 1.82) is 0 Å². The predicted molar refractivity (Wildman–Crippen MR) is 93.1 cm³/mol. The molecular weight excluding hydrogens is 272 g/mol. The molecule has 0 bridgehead atoms.